The van der Waals surface area contributed by atoms with Crippen molar-refractivity contribution in [1.29, 1.82) is 0 Å². The van der Waals surface area contributed by atoms with E-state index in [9.17, 15) is 19.2 Å². The number of likely N-dealkylation sites (tertiary alicyclic amines) is 1. The van der Waals surface area contributed by atoms with Crippen LogP contribution in [0.5, 0.6) is 11.5 Å². The van der Waals surface area contributed by atoms with Gasteiger partial charge in [0.25, 0.3) is 0 Å². The minimum absolute atomic E-state index is 0.0957. The van der Waals surface area contributed by atoms with Crippen LogP contribution < -0.4 is 20.7 Å². The average molecular weight is 1010 g/mol. The summed E-state index contributed by atoms with van der Waals surface area (Å²) in [5.74, 6) is -1.35. The number of ether oxygens (including phenoxy) is 2. The minimum atomic E-state index is -1.21. The molecule has 5 atom stereocenters. The summed E-state index contributed by atoms with van der Waals surface area (Å²) in [7, 11) is 5.09. The maximum absolute atomic E-state index is 15.0. The Kier molecular flexibility index (Phi) is 18.3. The highest BCUT2D eigenvalue weighted by Gasteiger charge is 2.35. The van der Waals surface area contributed by atoms with Gasteiger partial charge in [0.15, 0.2) is 0 Å². The second-order valence-corrected chi connectivity index (χ2v) is 19.5. The summed E-state index contributed by atoms with van der Waals surface area (Å²) in [6, 6.07) is 25.7. The highest BCUT2D eigenvalue weighted by Crippen LogP contribution is 2.33. The van der Waals surface area contributed by atoms with Crippen molar-refractivity contribution in [2.24, 2.45) is 13.0 Å². The molecule has 0 bridgehead atoms. The van der Waals surface area contributed by atoms with Crippen LogP contribution in [-0.4, -0.2) is 118 Å². The van der Waals surface area contributed by atoms with Crippen LogP contribution in [0, 0.1) is 5.92 Å². The van der Waals surface area contributed by atoms with Gasteiger partial charge in [0.05, 0.1) is 37.5 Å². The summed E-state index contributed by atoms with van der Waals surface area (Å²) in [6.07, 6.45) is 4.44. The van der Waals surface area contributed by atoms with Crippen LogP contribution >= 0.6 is 23.2 Å². The fourth-order valence-electron chi connectivity index (χ4n) is 9.04. The Hall–Kier alpha value is -6.26. The number of amides is 5. The third-order valence-corrected chi connectivity index (χ3v) is 13.9. The van der Waals surface area contributed by atoms with Gasteiger partial charge in [-0.3, -0.25) is 28.9 Å². The molecule has 7 rings (SSSR count). The van der Waals surface area contributed by atoms with Crippen molar-refractivity contribution in [3.05, 3.63) is 136 Å². The van der Waals surface area contributed by atoms with E-state index >= 15 is 4.79 Å². The molecule has 2 aliphatic rings. The molecule has 15 nitrogen and oxygen atoms in total. The van der Waals surface area contributed by atoms with E-state index in [0.717, 1.165) is 47.8 Å². The lowest BCUT2D eigenvalue weighted by Crippen LogP contribution is -2.57. The van der Waals surface area contributed by atoms with Gasteiger partial charge in [-0.25, -0.2) is 4.98 Å². The third kappa shape index (κ3) is 14.2. The molecule has 2 aliphatic heterocycles. The zero-order chi connectivity index (χ0) is 50.6. The van der Waals surface area contributed by atoms with E-state index < -0.39 is 47.8 Å². The Labute approximate surface area is 426 Å². The molecule has 71 heavy (non-hydrogen) atoms. The molecule has 3 N–H and O–H groups in total. The van der Waals surface area contributed by atoms with Crippen molar-refractivity contribution in [1.82, 2.24) is 40.2 Å². The van der Waals surface area contributed by atoms with Crippen LogP contribution in [0.3, 0.4) is 0 Å². The van der Waals surface area contributed by atoms with E-state index in [2.05, 4.69) is 25.4 Å². The van der Waals surface area contributed by atoms with Crippen LogP contribution in [0.15, 0.2) is 103 Å². The SMILES string of the molecule is COC[C@@H]1NC(=O)[C@H](C)N(Cc2ccc(Cl)cc2Oc2ccc(-c3cnc(CN4CCCC4)n3C)cc2)C(=O)C[C@@H](Cc2ccccc2)C(=O)N(C)[C@@H](C)CNC(=O)C[C@H](Cc2ccc(Cl)cc2)NC1=O. The number of nitrogens with zero attached hydrogens (tertiary/aromatic N) is 5. The van der Waals surface area contributed by atoms with Gasteiger partial charge in [-0.05, 0) is 112 Å². The first kappa shape index (κ1) is 52.6. The number of halogens is 2. The topological polar surface area (TPSA) is 167 Å². The molecule has 3 heterocycles. The quantitative estimate of drug-likeness (QED) is 0.113. The fraction of sp³-hybridized carbons (Fsp3) is 0.407. The predicted molar refractivity (Wildman–Crippen MR) is 274 cm³/mol. The Morgan fingerprint density at radius 3 is 2.15 bits per heavy atom. The Bertz CT molecular complexity index is 2620. The van der Waals surface area contributed by atoms with E-state index in [-0.39, 0.29) is 57.2 Å². The van der Waals surface area contributed by atoms with Crippen LogP contribution in [0.4, 0.5) is 0 Å². The Morgan fingerprint density at radius 1 is 0.761 bits per heavy atom. The lowest BCUT2D eigenvalue weighted by atomic mass is 9.93. The van der Waals surface area contributed by atoms with Gasteiger partial charge in [0.1, 0.15) is 29.4 Å². The van der Waals surface area contributed by atoms with E-state index in [1.54, 1.807) is 49.2 Å². The number of hydrogen-bond donors (Lipinski definition) is 3. The molecule has 17 heteroatoms. The normalized spacial score (nSPS) is 21.3. The summed E-state index contributed by atoms with van der Waals surface area (Å²) < 4.78 is 14.1. The maximum atomic E-state index is 15.0. The van der Waals surface area contributed by atoms with Gasteiger partial charge < -0.3 is 39.8 Å². The smallest absolute Gasteiger partial charge is 0.245 e. The van der Waals surface area contributed by atoms with E-state index in [1.165, 1.54) is 24.9 Å². The number of methoxy groups -OCH3 is 1. The first-order valence-electron chi connectivity index (χ1n) is 24.2. The van der Waals surface area contributed by atoms with Gasteiger partial charge >= 0.3 is 0 Å². The first-order chi connectivity index (χ1) is 34.1. The molecular weight excluding hydrogens is 944 g/mol. The molecule has 2 fully saturated rings. The molecule has 0 spiro atoms. The Morgan fingerprint density at radius 2 is 1.45 bits per heavy atom. The van der Waals surface area contributed by atoms with Gasteiger partial charge in [-0.2, -0.15) is 0 Å². The molecule has 1 aromatic heterocycles. The minimum Gasteiger partial charge on any atom is -0.457 e. The number of imidazole rings is 1. The molecule has 5 amide bonds. The lowest BCUT2D eigenvalue weighted by molar-refractivity contribution is -0.146. The number of carbonyl (C=O) groups is 5. The van der Waals surface area contributed by atoms with Crippen molar-refractivity contribution >= 4 is 52.7 Å². The van der Waals surface area contributed by atoms with Crippen LogP contribution in [0.25, 0.3) is 11.3 Å². The molecule has 0 radical (unpaired) electrons. The monoisotopic (exact) mass is 1010 g/mol. The molecule has 0 saturated carbocycles. The summed E-state index contributed by atoms with van der Waals surface area (Å²) in [6.45, 7) is 6.13. The largest absolute Gasteiger partial charge is 0.457 e. The van der Waals surface area contributed by atoms with Crippen molar-refractivity contribution < 1.29 is 33.4 Å². The molecule has 0 aliphatic carbocycles. The van der Waals surface area contributed by atoms with Crippen LogP contribution in [-0.2, 0) is 61.7 Å². The van der Waals surface area contributed by atoms with Crippen molar-refractivity contribution in [2.45, 2.75) is 89.6 Å². The summed E-state index contributed by atoms with van der Waals surface area (Å²) >= 11 is 12.8. The van der Waals surface area contributed by atoms with Gasteiger partial charge in [0, 0.05) is 73.8 Å². The van der Waals surface area contributed by atoms with Crippen molar-refractivity contribution in [3.63, 3.8) is 0 Å². The number of likely N-dealkylation sites (N-methyl/N-ethyl adjacent to an activating group) is 1. The number of aromatic nitrogens is 2. The second-order valence-electron chi connectivity index (χ2n) is 18.6. The number of hydrogen-bond acceptors (Lipinski definition) is 9. The van der Waals surface area contributed by atoms with E-state index in [1.807, 2.05) is 86.9 Å². The highest BCUT2D eigenvalue weighted by molar-refractivity contribution is 6.31. The molecule has 2 saturated heterocycles. The van der Waals surface area contributed by atoms with Gasteiger partial charge in [-0.15, -0.1) is 0 Å². The summed E-state index contributed by atoms with van der Waals surface area (Å²) in [4.78, 5) is 81.8. The van der Waals surface area contributed by atoms with Crippen molar-refractivity contribution in [2.75, 3.05) is 40.4 Å². The zero-order valence-corrected chi connectivity index (χ0v) is 42.5. The van der Waals surface area contributed by atoms with E-state index in [0.29, 0.717) is 27.1 Å². The maximum Gasteiger partial charge on any atom is 0.245 e. The summed E-state index contributed by atoms with van der Waals surface area (Å²) in [5.41, 5.74) is 4.13. The van der Waals surface area contributed by atoms with Crippen LogP contribution in [0.1, 0.15) is 62.0 Å². The number of nitrogens with one attached hydrogen (secondary N) is 3. The molecular formula is C54H64Cl2N8O7. The third-order valence-electron chi connectivity index (χ3n) is 13.4. The Balaban J connectivity index is 1.19. The van der Waals surface area contributed by atoms with Gasteiger partial charge in [-0.1, -0.05) is 71.7 Å². The van der Waals surface area contributed by atoms with Crippen LogP contribution in [0.2, 0.25) is 10.0 Å². The molecule has 0 unspecified atom stereocenters. The number of carbonyl (C=O) groups excluding carboxylic acids is 5. The van der Waals surface area contributed by atoms with Gasteiger partial charge in [0.2, 0.25) is 29.5 Å². The standard InChI is InChI=1S/C54H64Cl2N8O7/c1-35-30-58-50(65)29-44(26-38-13-18-42(55)19-14-38)59-53(68)46(34-70-5)60-52(67)36(2)64(51(66)27-41(54(69)61(35)3)25-37-11-7-6-8-12-37)32-40-15-20-43(56)28-48(40)71-45-21-16-39(17-22-45)47-31-57-49(62(47)4)33-63-23-9-10-24-63/h6-8,11-22,28,31,35-36,41,44,46H,9-10,23-27,29-30,32-34H2,1-5H3,(H,58,65)(H,59,68)(H,60,67)/t35-,36-,41+,44-,46-/m0/s1. The van der Waals surface area contributed by atoms with E-state index in [4.69, 9.17) is 37.7 Å². The average Bonchev–Trinajstić information content (AvgIpc) is 4.02. The number of rotatable bonds is 13. The molecule has 376 valence electrons. The van der Waals surface area contributed by atoms with Crippen molar-refractivity contribution in [3.8, 4) is 22.8 Å². The zero-order valence-electron chi connectivity index (χ0n) is 41.0. The lowest BCUT2D eigenvalue weighted by Gasteiger charge is -2.33. The molecule has 5 aromatic rings. The highest BCUT2D eigenvalue weighted by atomic mass is 35.5. The fourth-order valence-corrected chi connectivity index (χ4v) is 9.33. The molecule has 4 aromatic carbocycles. The predicted octanol–water partition coefficient (Wildman–Crippen LogP) is 6.97. The number of benzene rings is 4. The summed E-state index contributed by atoms with van der Waals surface area (Å²) in [5, 5.41) is 9.64. The first-order valence-corrected chi connectivity index (χ1v) is 24.9. The second kappa shape index (κ2) is 24.7.